The van der Waals surface area contributed by atoms with Crippen molar-refractivity contribution >= 4 is 51.6 Å². The molecule has 3 atom stereocenters. The first-order valence-electron chi connectivity index (χ1n) is 15.1. The van der Waals surface area contributed by atoms with Crippen molar-refractivity contribution in [2.24, 2.45) is 34.8 Å². The molecule has 0 spiro atoms. The van der Waals surface area contributed by atoms with E-state index in [0.29, 0.717) is 37.6 Å². The second kappa shape index (κ2) is 25.9. The number of nitrogens with two attached hydrogens (primary N) is 4. The van der Waals surface area contributed by atoms with Gasteiger partial charge in [-0.05, 0) is 56.7 Å². The molecular weight excluding hydrogens is 582 g/mol. The molecular formula is C31H55N7O5S. The van der Waals surface area contributed by atoms with Crippen molar-refractivity contribution in [1.29, 1.82) is 0 Å². The molecule has 3 unspecified atom stereocenters. The zero-order valence-electron chi connectivity index (χ0n) is 27.3. The number of carbonyl (C=O) groups is 5. The Labute approximate surface area is 266 Å². The summed E-state index contributed by atoms with van der Waals surface area (Å²) in [6.45, 7) is 12.3. The van der Waals surface area contributed by atoms with E-state index in [4.69, 9.17) is 16.3 Å². The van der Waals surface area contributed by atoms with Crippen LogP contribution in [0.25, 0.3) is 10.2 Å². The Kier molecular flexibility index (Phi) is 25.0. The number of aromatic nitrogens is 1. The van der Waals surface area contributed by atoms with E-state index in [1.54, 1.807) is 11.3 Å². The fourth-order valence-electron chi connectivity index (χ4n) is 3.66. The first kappa shape index (κ1) is 42.6. The SMILES string of the molecule is CC(C)CC(NC(=O)CCCCCN)C(N)=O.CC(N)=O.CCC(C)C(C)NC(=O)CCc1nc2ccccc2s1.NC=O. The van der Waals surface area contributed by atoms with Gasteiger partial charge in [0.1, 0.15) is 6.04 Å². The Balaban J connectivity index is 0. The van der Waals surface area contributed by atoms with Gasteiger partial charge in [0.25, 0.3) is 0 Å². The Morgan fingerprint density at radius 3 is 2.02 bits per heavy atom. The standard InChI is InChI=1S/C16H22N2OS.C12H25N3O2.C2H5NO.CH3NO/c1-4-11(2)12(3)17-15(19)9-10-16-18-13-7-5-6-8-14(13)20-16;1-9(2)8-10(12(14)17)15-11(16)6-4-3-5-7-13;1-2(3)4;2-1-3/h5-8,11-12H,4,9-10H2,1-3H3,(H,17,19);9-10H,3-8,13H2,1-2H3,(H2,14,17)(H,15,16);1H3,(H2,3,4);1H,(H2,2,3). The van der Waals surface area contributed by atoms with Crippen LogP contribution in [-0.2, 0) is 30.4 Å². The van der Waals surface area contributed by atoms with Gasteiger partial charge in [0.15, 0.2) is 0 Å². The van der Waals surface area contributed by atoms with Gasteiger partial charge in [0.05, 0.1) is 15.2 Å². The Morgan fingerprint density at radius 2 is 1.52 bits per heavy atom. The van der Waals surface area contributed by atoms with Crippen LogP contribution in [0.1, 0.15) is 91.5 Å². The van der Waals surface area contributed by atoms with Gasteiger partial charge >= 0.3 is 0 Å². The second-order valence-corrected chi connectivity index (χ2v) is 11.9. The topological polar surface area (TPSA) is 226 Å². The molecule has 0 aliphatic carbocycles. The van der Waals surface area contributed by atoms with Crippen LogP contribution in [0.4, 0.5) is 0 Å². The smallest absolute Gasteiger partial charge is 0.240 e. The number of hydrogen-bond donors (Lipinski definition) is 6. The van der Waals surface area contributed by atoms with E-state index in [1.165, 1.54) is 11.6 Å². The number of nitrogens with zero attached hydrogens (tertiary/aromatic N) is 1. The van der Waals surface area contributed by atoms with Gasteiger partial charge in [-0.2, -0.15) is 0 Å². The van der Waals surface area contributed by atoms with Gasteiger partial charge in [-0.3, -0.25) is 24.0 Å². The van der Waals surface area contributed by atoms with E-state index in [9.17, 15) is 19.2 Å². The molecule has 0 fully saturated rings. The first-order valence-corrected chi connectivity index (χ1v) is 15.9. The van der Waals surface area contributed by atoms with Crippen molar-refractivity contribution in [1.82, 2.24) is 15.6 Å². The number of primary amides is 3. The molecule has 0 aliphatic heterocycles. The van der Waals surface area contributed by atoms with Crippen LogP contribution < -0.4 is 33.6 Å². The number of carbonyl (C=O) groups excluding carboxylic acids is 5. The molecule has 250 valence electrons. The van der Waals surface area contributed by atoms with Gasteiger partial charge in [0.2, 0.25) is 30.0 Å². The van der Waals surface area contributed by atoms with Crippen LogP contribution in [0.3, 0.4) is 0 Å². The fourth-order valence-corrected chi connectivity index (χ4v) is 4.63. The van der Waals surface area contributed by atoms with Crippen molar-refractivity contribution < 1.29 is 24.0 Å². The molecule has 0 saturated heterocycles. The van der Waals surface area contributed by atoms with E-state index >= 15 is 0 Å². The monoisotopic (exact) mass is 637 g/mol. The van der Waals surface area contributed by atoms with Crippen LogP contribution in [-0.4, -0.2) is 53.7 Å². The molecule has 12 nitrogen and oxygen atoms in total. The van der Waals surface area contributed by atoms with E-state index in [0.717, 1.165) is 42.6 Å². The number of aryl methyl sites for hydroxylation is 1. The van der Waals surface area contributed by atoms with E-state index < -0.39 is 11.9 Å². The maximum Gasteiger partial charge on any atom is 0.240 e. The minimum atomic E-state index is -0.544. The quantitative estimate of drug-likeness (QED) is 0.126. The lowest BCUT2D eigenvalue weighted by Crippen LogP contribution is -2.45. The molecule has 1 aromatic heterocycles. The van der Waals surface area contributed by atoms with E-state index in [-0.39, 0.29) is 30.2 Å². The summed E-state index contributed by atoms with van der Waals surface area (Å²) in [5, 5.41) is 6.79. The molecule has 2 aromatic rings. The molecule has 0 radical (unpaired) electrons. The average molecular weight is 638 g/mol. The highest BCUT2D eigenvalue weighted by atomic mass is 32.1. The maximum absolute atomic E-state index is 11.9. The molecule has 10 N–H and O–H groups in total. The number of para-hydroxylation sites is 1. The molecule has 5 amide bonds. The number of unbranched alkanes of at least 4 members (excludes halogenated alkanes) is 2. The lowest BCUT2D eigenvalue weighted by molar-refractivity contribution is -0.127. The highest BCUT2D eigenvalue weighted by Gasteiger charge is 2.19. The predicted octanol–water partition coefficient (Wildman–Crippen LogP) is 2.89. The van der Waals surface area contributed by atoms with E-state index in [2.05, 4.69) is 53.9 Å². The normalized spacial score (nSPS) is 12.1. The minimum absolute atomic E-state index is 0.105. The summed E-state index contributed by atoms with van der Waals surface area (Å²) in [5.74, 6) is 0.0592. The molecule has 2 rings (SSSR count). The number of fused-ring (bicyclic) bond motifs is 1. The third kappa shape index (κ3) is 22.9. The second-order valence-electron chi connectivity index (χ2n) is 10.8. The number of nitrogens with one attached hydrogen (secondary N) is 2. The molecule has 0 bridgehead atoms. The number of benzene rings is 1. The Hall–Kier alpha value is -3.58. The van der Waals surface area contributed by atoms with Gasteiger partial charge in [-0.25, -0.2) is 4.98 Å². The maximum atomic E-state index is 11.9. The number of hydrogen-bond acceptors (Lipinski definition) is 8. The highest BCUT2D eigenvalue weighted by molar-refractivity contribution is 7.18. The first-order chi connectivity index (χ1) is 20.7. The Bertz CT molecular complexity index is 1070. The Morgan fingerprint density at radius 1 is 0.955 bits per heavy atom. The summed E-state index contributed by atoms with van der Waals surface area (Å²) in [6, 6.07) is 7.79. The van der Waals surface area contributed by atoms with Gasteiger partial charge in [0, 0.05) is 32.2 Å². The number of thiazole rings is 1. The number of amides is 5. The lowest BCUT2D eigenvalue weighted by Gasteiger charge is -2.19. The van der Waals surface area contributed by atoms with Crippen LogP contribution in [0, 0.1) is 11.8 Å². The third-order valence-corrected chi connectivity index (χ3v) is 7.38. The summed E-state index contributed by atoms with van der Waals surface area (Å²) in [6.07, 6.45) is 6.26. The summed E-state index contributed by atoms with van der Waals surface area (Å²) in [4.78, 5) is 57.0. The van der Waals surface area contributed by atoms with Crippen molar-refractivity contribution in [3.05, 3.63) is 29.3 Å². The molecule has 0 saturated carbocycles. The van der Waals surface area contributed by atoms with Crippen LogP contribution in [0.2, 0.25) is 0 Å². The largest absolute Gasteiger partial charge is 0.372 e. The van der Waals surface area contributed by atoms with Gasteiger partial charge in [-0.1, -0.05) is 52.7 Å². The molecule has 1 heterocycles. The number of rotatable bonds is 15. The van der Waals surface area contributed by atoms with Gasteiger partial charge in [-0.15, -0.1) is 11.3 Å². The van der Waals surface area contributed by atoms with E-state index in [1.807, 2.05) is 32.0 Å². The summed E-state index contributed by atoms with van der Waals surface area (Å²) in [5.41, 5.74) is 20.3. The molecule has 13 heteroatoms. The van der Waals surface area contributed by atoms with Crippen molar-refractivity contribution in [3.63, 3.8) is 0 Å². The minimum Gasteiger partial charge on any atom is -0.372 e. The van der Waals surface area contributed by atoms with Gasteiger partial charge < -0.3 is 33.6 Å². The zero-order valence-corrected chi connectivity index (χ0v) is 28.1. The van der Waals surface area contributed by atoms with Crippen molar-refractivity contribution in [2.45, 2.75) is 105 Å². The van der Waals surface area contributed by atoms with Crippen molar-refractivity contribution in [2.75, 3.05) is 6.54 Å². The van der Waals surface area contributed by atoms with Crippen LogP contribution in [0.5, 0.6) is 0 Å². The molecule has 44 heavy (non-hydrogen) atoms. The van der Waals surface area contributed by atoms with Crippen molar-refractivity contribution in [3.8, 4) is 0 Å². The summed E-state index contributed by atoms with van der Waals surface area (Å²) in [7, 11) is 0. The molecule has 0 aliphatic rings. The summed E-state index contributed by atoms with van der Waals surface area (Å²) >= 11 is 1.68. The fraction of sp³-hybridized carbons (Fsp3) is 0.613. The van der Waals surface area contributed by atoms with Crippen LogP contribution in [0.15, 0.2) is 24.3 Å². The highest BCUT2D eigenvalue weighted by Crippen LogP contribution is 2.22. The third-order valence-electron chi connectivity index (χ3n) is 6.28. The molecule has 1 aromatic carbocycles. The van der Waals surface area contributed by atoms with Crippen LogP contribution >= 0.6 is 11.3 Å². The zero-order chi connectivity index (χ0) is 34.1. The predicted molar refractivity (Wildman–Crippen MR) is 178 cm³/mol. The summed E-state index contributed by atoms with van der Waals surface area (Å²) < 4.78 is 1.19. The average Bonchev–Trinajstić information content (AvgIpc) is 3.37. The lowest BCUT2D eigenvalue weighted by atomic mass is 10.0.